The summed E-state index contributed by atoms with van der Waals surface area (Å²) >= 11 is 0. The molecule has 1 aliphatic carbocycles. The highest BCUT2D eigenvalue weighted by atomic mass is 19.4. The molecule has 8 heteroatoms. The Morgan fingerprint density at radius 3 is 2.81 bits per heavy atom. The molecule has 5 nitrogen and oxygen atoms in total. The second-order valence-electron chi connectivity index (χ2n) is 6.30. The van der Waals surface area contributed by atoms with Crippen molar-refractivity contribution in [2.24, 2.45) is 0 Å². The summed E-state index contributed by atoms with van der Waals surface area (Å²) < 4.78 is 44.6. The molecule has 0 radical (unpaired) electrons. The molecular weight excluding hydrogens is 345 g/mol. The molecule has 3 aromatic rings. The molecule has 4 rings (SSSR count). The van der Waals surface area contributed by atoms with Gasteiger partial charge in [0.25, 0.3) is 0 Å². The molecular formula is C18H17F3N4O. The van der Waals surface area contributed by atoms with E-state index in [1.807, 2.05) is 18.2 Å². The first-order chi connectivity index (χ1) is 12.5. The number of H-pyrrole nitrogens is 1. The molecule has 0 aliphatic heterocycles. The predicted octanol–water partition coefficient (Wildman–Crippen LogP) is 4.09. The number of benzene rings is 1. The monoisotopic (exact) mass is 362 g/mol. The number of halogens is 3. The molecule has 2 atom stereocenters. The average Bonchev–Trinajstić information content (AvgIpc) is 3.08. The number of aromatic amines is 1. The molecule has 0 saturated heterocycles. The van der Waals surface area contributed by atoms with E-state index in [0.717, 1.165) is 24.5 Å². The van der Waals surface area contributed by atoms with Gasteiger partial charge < -0.3 is 15.0 Å². The maximum Gasteiger partial charge on any atom is 0.431 e. The van der Waals surface area contributed by atoms with E-state index in [9.17, 15) is 13.2 Å². The highest BCUT2D eigenvalue weighted by Gasteiger charge is 2.34. The number of rotatable bonds is 3. The van der Waals surface area contributed by atoms with Gasteiger partial charge in [0.05, 0.1) is 17.5 Å². The van der Waals surface area contributed by atoms with Crippen molar-refractivity contribution in [2.45, 2.75) is 31.2 Å². The van der Waals surface area contributed by atoms with Crippen LogP contribution in [0.25, 0.3) is 11.0 Å². The van der Waals surface area contributed by atoms with Gasteiger partial charge in [-0.2, -0.15) is 13.2 Å². The van der Waals surface area contributed by atoms with E-state index >= 15 is 0 Å². The summed E-state index contributed by atoms with van der Waals surface area (Å²) in [6.45, 7) is 0. The van der Waals surface area contributed by atoms with Crippen molar-refractivity contribution in [3.63, 3.8) is 0 Å². The van der Waals surface area contributed by atoms with E-state index in [0.29, 0.717) is 11.2 Å². The summed E-state index contributed by atoms with van der Waals surface area (Å²) in [6, 6.07) is 8.83. The summed E-state index contributed by atoms with van der Waals surface area (Å²) in [7, 11) is 1.64. The lowest BCUT2D eigenvalue weighted by atomic mass is 9.85. The van der Waals surface area contributed by atoms with Crippen molar-refractivity contribution < 1.29 is 17.9 Å². The van der Waals surface area contributed by atoms with Crippen LogP contribution in [-0.4, -0.2) is 28.2 Å². The van der Waals surface area contributed by atoms with Crippen molar-refractivity contribution in [3.05, 3.63) is 53.5 Å². The van der Waals surface area contributed by atoms with Gasteiger partial charge in [-0.25, -0.2) is 9.97 Å². The van der Waals surface area contributed by atoms with Gasteiger partial charge in [-0.3, -0.25) is 0 Å². The molecule has 136 valence electrons. The Bertz CT molecular complexity index is 938. The van der Waals surface area contributed by atoms with Gasteiger partial charge in [-0.15, -0.1) is 0 Å². The van der Waals surface area contributed by atoms with E-state index in [2.05, 4.69) is 26.3 Å². The minimum Gasteiger partial charge on any atom is -0.379 e. The van der Waals surface area contributed by atoms with Crippen LogP contribution in [0.2, 0.25) is 0 Å². The Morgan fingerprint density at radius 2 is 2.04 bits per heavy atom. The smallest absolute Gasteiger partial charge is 0.379 e. The second-order valence-corrected chi connectivity index (χ2v) is 6.30. The lowest BCUT2D eigenvalue weighted by Gasteiger charge is -2.33. The van der Waals surface area contributed by atoms with Crippen LogP contribution in [0.4, 0.5) is 19.0 Å². The molecule has 0 amide bonds. The van der Waals surface area contributed by atoms with Gasteiger partial charge >= 0.3 is 6.18 Å². The molecule has 2 heterocycles. The summed E-state index contributed by atoms with van der Waals surface area (Å²) in [5, 5.41) is 3.59. The van der Waals surface area contributed by atoms with Crippen LogP contribution in [-0.2, 0) is 17.3 Å². The van der Waals surface area contributed by atoms with Crippen molar-refractivity contribution in [2.75, 3.05) is 12.4 Å². The fourth-order valence-corrected chi connectivity index (χ4v) is 3.51. The third kappa shape index (κ3) is 2.90. The zero-order valence-electron chi connectivity index (χ0n) is 14.0. The second kappa shape index (κ2) is 6.28. The van der Waals surface area contributed by atoms with Gasteiger partial charge in [0.15, 0.2) is 0 Å². The predicted molar refractivity (Wildman–Crippen MR) is 90.8 cm³/mol. The highest BCUT2D eigenvalue weighted by Crippen LogP contribution is 2.37. The van der Waals surface area contributed by atoms with Gasteiger partial charge in [-0.05, 0) is 30.0 Å². The molecule has 0 spiro atoms. The number of hydrogen-bond acceptors (Lipinski definition) is 4. The number of methoxy groups -OCH3 is 1. The molecule has 2 N–H and O–H groups in total. The standard InChI is InChI=1S/C18H17F3N4O/c1-26-13-7-6-10-4-2-3-5-11(10)15(13)25-17-12-8-14(18(19,20)21)24-16(12)22-9-23-17/h2-5,8-9,13,15H,6-7H2,1H3,(H2,22,23,24,25)/t13-,15-/m1/s1. The average molecular weight is 362 g/mol. The molecule has 1 aliphatic rings. The number of aryl methyl sites for hydroxylation is 1. The first-order valence-electron chi connectivity index (χ1n) is 8.25. The molecule has 1 aromatic carbocycles. The molecule has 0 fully saturated rings. The Kier molecular flexibility index (Phi) is 4.07. The highest BCUT2D eigenvalue weighted by molar-refractivity contribution is 5.88. The van der Waals surface area contributed by atoms with E-state index in [1.165, 1.54) is 11.9 Å². The normalized spacial score (nSPS) is 20.2. The van der Waals surface area contributed by atoms with Crippen LogP contribution in [0, 0.1) is 0 Å². The SMILES string of the molecule is CO[C@@H]1CCc2ccccc2[C@H]1Nc1ncnc2[nH]c(C(F)(F)F)cc12. The molecule has 0 bridgehead atoms. The van der Waals surface area contributed by atoms with E-state index < -0.39 is 11.9 Å². The zero-order chi connectivity index (χ0) is 18.3. The quantitative estimate of drug-likeness (QED) is 0.737. The molecule has 26 heavy (non-hydrogen) atoms. The number of anilines is 1. The van der Waals surface area contributed by atoms with Crippen LogP contribution in [0.3, 0.4) is 0 Å². The lowest BCUT2D eigenvalue weighted by molar-refractivity contribution is -0.140. The van der Waals surface area contributed by atoms with Crippen LogP contribution < -0.4 is 5.32 Å². The van der Waals surface area contributed by atoms with Crippen LogP contribution in [0.1, 0.15) is 29.3 Å². The van der Waals surface area contributed by atoms with Gasteiger partial charge in [0.2, 0.25) is 0 Å². The topological polar surface area (TPSA) is 62.8 Å². The van der Waals surface area contributed by atoms with Crippen LogP contribution in [0.15, 0.2) is 36.7 Å². The number of nitrogens with zero attached hydrogens (tertiary/aromatic N) is 2. The number of hydrogen-bond donors (Lipinski definition) is 2. The van der Waals surface area contributed by atoms with Crippen molar-refractivity contribution >= 4 is 16.9 Å². The zero-order valence-corrected chi connectivity index (χ0v) is 14.0. The van der Waals surface area contributed by atoms with Gasteiger partial charge in [0.1, 0.15) is 23.5 Å². The van der Waals surface area contributed by atoms with E-state index in [4.69, 9.17) is 4.74 Å². The Labute approximate surface area is 147 Å². The minimum absolute atomic E-state index is 0.101. The summed E-state index contributed by atoms with van der Waals surface area (Å²) in [6.07, 6.45) is -1.60. The third-order valence-electron chi connectivity index (χ3n) is 4.79. The van der Waals surface area contributed by atoms with Crippen molar-refractivity contribution in [1.82, 2.24) is 15.0 Å². The fraction of sp³-hybridized carbons (Fsp3) is 0.333. The number of nitrogens with one attached hydrogen (secondary N) is 2. The maximum absolute atomic E-state index is 13.0. The molecule has 0 saturated carbocycles. The maximum atomic E-state index is 13.0. The minimum atomic E-state index is -4.47. The first-order valence-corrected chi connectivity index (χ1v) is 8.25. The Hall–Kier alpha value is -2.61. The number of ether oxygens (including phenoxy) is 1. The van der Waals surface area contributed by atoms with Gasteiger partial charge in [0, 0.05) is 7.11 Å². The molecule has 0 unspecified atom stereocenters. The van der Waals surface area contributed by atoms with Crippen molar-refractivity contribution in [1.29, 1.82) is 0 Å². The van der Waals surface area contributed by atoms with E-state index in [1.54, 1.807) is 7.11 Å². The lowest BCUT2D eigenvalue weighted by Crippen LogP contribution is -2.32. The fourth-order valence-electron chi connectivity index (χ4n) is 3.51. The van der Waals surface area contributed by atoms with Crippen LogP contribution >= 0.6 is 0 Å². The number of alkyl halides is 3. The van der Waals surface area contributed by atoms with E-state index in [-0.39, 0.29) is 17.8 Å². The van der Waals surface area contributed by atoms with Crippen LogP contribution in [0.5, 0.6) is 0 Å². The largest absolute Gasteiger partial charge is 0.431 e. The summed E-state index contributed by atoms with van der Waals surface area (Å²) in [4.78, 5) is 10.4. The Balaban J connectivity index is 1.76. The Morgan fingerprint density at radius 1 is 1.23 bits per heavy atom. The summed E-state index contributed by atoms with van der Waals surface area (Å²) in [5.41, 5.74) is 1.58. The summed E-state index contributed by atoms with van der Waals surface area (Å²) in [5.74, 6) is 0.352. The third-order valence-corrected chi connectivity index (χ3v) is 4.79. The van der Waals surface area contributed by atoms with Gasteiger partial charge in [-0.1, -0.05) is 24.3 Å². The first kappa shape index (κ1) is 16.8. The van der Waals surface area contributed by atoms with Crippen molar-refractivity contribution in [3.8, 4) is 0 Å². The number of fused-ring (bicyclic) bond motifs is 2. The number of aromatic nitrogens is 3. The molecule has 2 aromatic heterocycles.